The van der Waals surface area contributed by atoms with E-state index in [4.69, 9.17) is 20.6 Å². The van der Waals surface area contributed by atoms with Crippen LogP contribution in [-0.4, -0.2) is 24.9 Å². The molecule has 1 aliphatic carbocycles. The van der Waals surface area contributed by atoms with Crippen molar-refractivity contribution in [2.24, 2.45) is 0 Å². The minimum absolute atomic E-state index is 0.0957. The second-order valence-electron chi connectivity index (χ2n) is 6.11. The molecule has 136 valence electrons. The van der Waals surface area contributed by atoms with Crippen LogP contribution in [0, 0.1) is 0 Å². The molecule has 0 fully saturated rings. The summed E-state index contributed by atoms with van der Waals surface area (Å²) < 4.78 is 24.8. The normalized spacial score (nSPS) is 21.0. The van der Waals surface area contributed by atoms with Gasteiger partial charge in [0.25, 0.3) is 5.91 Å². The Balaban J connectivity index is 2.10. The van der Waals surface area contributed by atoms with Crippen LogP contribution in [0.2, 0.25) is 5.02 Å². The van der Waals surface area contributed by atoms with Gasteiger partial charge in [-0.3, -0.25) is 14.3 Å². The monoisotopic (exact) mass is 383 g/mol. The van der Waals surface area contributed by atoms with Gasteiger partial charge in [-0.1, -0.05) is 11.6 Å². The second-order valence-corrected chi connectivity index (χ2v) is 8.63. The van der Waals surface area contributed by atoms with Crippen LogP contribution < -0.4 is 4.90 Å². The zero-order valence-corrected chi connectivity index (χ0v) is 16.2. The van der Waals surface area contributed by atoms with Crippen molar-refractivity contribution >= 4 is 30.8 Å². The molecule has 1 heterocycles. The van der Waals surface area contributed by atoms with Crippen molar-refractivity contribution in [3.05, 3.63) is 40.4 Å². The van der Waals surface area contributed by atoms with Crippen molar-refractivity contribution < 1.29 is 18.4 Å². The van der Waals surface area contributed by atoms with Crippen molar-refractivity contribution in [1.29, 1.82) is 0 Å². The SMILES string of the molecule is CCOP(=O)(OCC)C1C2=C(CCCC2)C(=O)N1c1ccc(Cl)cc1. The average molecular weight is 384 g/mol. The highest BCUT2D eigenvalue weighted by Gasteiger charge is 2.51. The first-order valence-electron chi connectivity index (χ1n) is 8.71. The van der Waals surface area contributed by atoms with E-state index in [0.717, 1.165) is 30.4 Å². The number of hydrogen-bond donors (Lipinski definition) is 0. The maximum absolute atomic E-state index is 13.6. The summed E-state index contributed by atoms with van der Waals surface area (Å²) in [5.74, 6) is -0.780. The van der Waals surface area contributed by atoms with E-state index in [2.05, 4.69) is 0 Å². The Hall–Kier alpha value is -1.13. The van der Waals surface area contributed by atoms with Gasteiger partial charge in [0, 0.05) is 16.3 Å². The van der Waals surface area contributed by atoms with Crippen molar-refractivity contribution in [3.63, 3.8) is 0 Å². The molecule has 5 nitrogen and oxygen atoms in total. The number of hydrogen-bond acceptors (Lipinski definition) is 4. The summed E-state index contributed by atoms with van der Waals surface area (Å²) in [7, 11) is -3.51. The van der Waals surface area contributed by atoms with Gasteiger partial charge in [0.05, 0.1) is 13.2 Å². The molecular weight excluding hydrogens is 361 g/mol. The molecule has 7 heteroatoms. The van der Waals surface area contributed by atoms with E-state index in [9.17, 15) is 9.36 Å². The van der Waals surface area contributed by atoms with Crippen LogP contribution in [0.1, 0.15) is 39.5 Å². The van der Waals surface area contributed by atoms with Gasteiger partial charge in [-0.25, -0.2) is 0 Å². The Morgan fingerprint density at radius 1 is 1.12 bits per heavy atom. The lowest BCUT2D eigenvalue weighted by atomic mass is 9.94. The van der Waals surface area contributed by atoms with Gasteiger partial charge in [-0.05, 0) is 69.4 Å². The largest absolute Gasteiger partial charge is 0.357 e. The number of rotatable bonds is 6. The summed E-state index contributed by atoms with van der Waals surface area (Å²) in [6.45, 7) is 4.09. The lowest BCUT2D eigenvalue weighted by Gasteiger charge is -2.32. The predicted molar refractivity (Wildman–Crippen MR) is 99.1 cm³/mol. The molecule has 1 unspecified atom stereocenters. The van der Waals surface area contributed by atoms with Gasteiger partial charge >= 0.3 is 7.60 Å². The van der Waals surface area contributed by atoms with E-state index < -0.39 is 13.4 Å². The van der Waals surface area contributed by atoms with Gasteiger partial charge in [0.15, 0.2) is 5.78 Å². The summed E-state index contributed by atoms with van der Waals surface area (Å²) in [6.07, 6.45) is 3.42. The third kappa shape index (κ3) is 3.43. The molecule has 0 aromatic heterocycles. The van der Waals surface area contributed by atoms with E-state index in [1.165, 1.54) is 0 Å². The maximum Gasteiger partial charge on any atom is 0.357 e. The van der Waals surface area contributed by atoms with Crippen molar-refractivity contribution in [1.82, 2.24) is 0 Å². The summed E-state index contributed by atoms with van der Waals surface area (Å²) in [4.78, 5) is 14.7. The molecule has 3 rings (SSSR count). The van der Waals surface area contributed by atoms with Crippen molar-refractivity contribution in [2.45, 2.75) is 45.3 Å². The third-order valence-corrected chi connectivity index (χ3v) is 7.20. The molecule has 0 spiro atoms. The predicted octanol–water partition coefficient (Wildman–Crippen LogP) is 5.15. The topological polar surface area (TPSA) is 55.8 Å². The quantitative estimate of drug-likeness (QED) is 0.637. The number of amides is 1. The van der Waals surface area contributed by atoms with Crippen LogP contribution in [-0.2, 0) is 18.4 Å². The lowest BCUT2D eigenvalue weighted by Crippen LogP contribution is -2.36. The number of carbonyl (C=O) groups is 1. The Labute approximate surface area is 153 Å². The fourth-order valence-electron chi connectivity index (χ4n) is 3.60. The summed E-state index contributed by atoms with van der Waals surface area (Å²) in [5.41, 5.74) is 2.34. The molecule has 1 amide bonds. The summed E-state index contributed by atoms with van der Waals surface area (Å²) in [6, 6.07) is 7.00. The Bertz CT molecular complexity index is 721. The van der Waals surface area contributed by atoms with E-state index >= 15 is 0 Å². The average Bonchev–Trinajstić information content (AvgIpc) is 2.90. The smallest absolute Gasteiger partial charge is 0.307 e. The fourth-order valence-corrected chi connectivity index (χ4v) is 5.99. The number of nitrogens with zero attached hydrogens (tertiary/aromatic N) is 1. The first-order valence-corrected chi connectivity index (χ1v) is 10.7. The van der Waals surface area contributed by atoms with Crippen LogP contribution in [0.25, 0.3) is 0 Å². The van der Waals surface area contributed by atoms with Gasteiger partial charge in [0.1, 0.15) is 0 Å². The molecular formula is C18H23ClNO4P. The Morgan fingerprint density at radius 3 is 2.32 bits per heavy atom. The Kier molecular flexibility index (Phi) is 5.69. The molecule has 1 aliphatic heterocycles. The molecule has 1 atom stereocenters. The lowest BCUT2D eigenvalue weighted by molar-refractivity contribution is -0.114. The van der Waals surface area contributed by atoms with E-state index in [0.29, 0.717) is 17.1 Å². The highest BCUT2D eigenvalue weighted by Crippen LogP contribution is 2.61. The summed E-state index contributed by atoms with van der Waals surface area (Å²) >= 11 is 5.98. The Morgan fingerprint density at radius 2 is 1.72 bits per heavy atom. The van der Waals surface area contributed by atoms with E-state index in [1.54, 1.807) is 43.0 Å². The van der Waals surface area contributed by atoms with Gasteiger partial charge in [-0.2, -0.15) is 0 Å². The number of anilines is 1. The first kappa shape index (κ1) is 18.7. The van der Waals surface area contributed by atoms with Gasteiger partial charge < -0.3 is 9.05 Å². The van der Waals surface area contributed by atoms with Gasteiger partial charge in [-0.15, -0.1) is 0 Å². The zero-order valence-electron chi connectivity index (χ0n) is 14.5. The molecule has 0 saturated heterocycles. The maximum atomic E-state index is 13.6. The first-order chi connectivity index (χ1) is 12.0. The number of benzene rings is 1. The van der Waals surface area contributed by atoms with Crippen LogP contribution in [0.4, 0.5) is 5.69 Å². The zero-order chi connectivity index (χ0) is 18.0. The van der Waals surface area contributed by atoms with Crippen LogP contribution >= 0.6 is 19.2 Å². The molecule has 0 radical (unpaired) electrons. The van der Waals surface area contributed by atoms with Crippen LogP contribution in [0.5, 0.6) is 0 Å². The minimum atomic E-state index is -3.51. The standard InChI is InChI=1S/C18H23ClNO4P/c1-3-23-25(22,24-4-2)18-16-8-6-5-7-15(16)17(21)20(18)14-11-9-13(19)10-12-14/h9-12,18H,3-8H2,1-2H3. The molecule has 1 aromatic rings. The van der Waals surface area contributed by atoms with E-state index in [-0.39, 0.29) is 19.1 Å². The van der Waals surface area contributed by atoms with Crippen LogP contribution in [0.3, 0.4) is 0 Å². The molecule has 2 aliphatic rings. The molecule has 0 saturated carbocycles. The van der Waals surface area contributed by atoms with Gasteiger partial charge in [0.2, 0.25) is 0 Å². The number of carbonyl (C=O) groups excluding carboxylic acids is 1. The van der Waals surface area contributed by atoms with Crippen molar-refractivity contribution in [3.8, 4) is 0 Å². The van der Waals surface area contributed by atoms with E-state index in [1.807, 2.05) is 0 Å². The highest BCUT2D eigenvalue weighted by molar-refractivity contribution is 7.55. The molecule has 0 bridgehead atoms. The number of halogens is 1. The van der Waals surface area contributed by atoms with Crippen molar-refractivity contribution in [2.75, 3.05) is 18.1 Å². The van der Waals surface area contributed by atoms with Crippen LogP contribution in [0.15, 0.2) is 35.4 Å². The minimum Gasteiger partial charge on any atom is -0.307 e. The highest BCUT2D eigenvalue weighted by atomic mass is 35.5. The third-order valence-electron chi connectivity index (χ3n) is 4.57. The molecule has 1 aromatic carbocycles. The summed E-state index contributed by atoms with van der Waals surface area (Å²) in [5, 5.41) is 0.586. The molecule has 0 N–H and O–H groups in total. The molecule has 25 heavy (non-hydrogen) atoms. The second kappa shape index (κ2) is 7.63. The fraction of sp³-hybridized carbons (Fsp3) is 0.500.